The van der Waals surface area contributed by atoms with Gasteiger partial charge in [0.15, 0.2) is 9.84 Å². The molecule has 0 spiro atoms. The molecular weight excluding hydrogens is 389 g/mol. The zero-order valence-corrected chi connectivity index (χ0v) is 15.1. The van der Waals surface area contributed by atoms with E-state index in [1.807, 2.05) is 0 Å². The van der Waals surface area contributed by atoms with E-state index in [1.165, 1.54) is 11.0 Å². The lowest BCUT2D eigenvalue weighted by Gasteiger charge is -2.17. The maximum atomic E-state index is 12.4. The Morgan fingerprint density at radius 2 is 1.87 bits per heavy atom. The number of aliphatic carboxylic acids is 1. The first-order valence-corrected chi connectivity index (χ1v) is 8.97. The number of carbonyl (C=O) groups excluding carboxylic acids is 1. The van der Waals surface area contributed by atoms with Gasteiger partial charge in [0.05, 0.1) is 26.4 Å². The molecule has 128 valence electrons. The van der Waals surface area contributed by atoms with Crippen LogP contribution in [-0.4, -0.2) is 49.6 Å². The van der Waals surface area contributed by atoms with E-state index in [0.29, 0.717) is 6.42 Å². The molecule has 1 atom stereocenters. The van der Waals surface area contributed by atoms with Crippen molar-refractivity contribution in [1.29, 1.82) is 0 Å². The van der Waals surface area contributed by atoms with Crippen LogP contribution in [0.15, 0.2) is 17.0 Å². The van der Waals surface area contributed by atoms with Crippen LogP contribution < -0.4 is 0 Å². The number of amides is 1. The molecule has 1 aromatic carbocycles. The highest BCUT2D eigenvalue weighted by molar-refractivity contribution is 7.90. The highest BCUT2D eigenvalue weighted by Crippen LogP contribution is 2.30. The summed E-state index contributed by atoms with van der Waals surface area (Å²) < 4.78 is 23.3. The van der Waals surface area contributed by atoms with E-state index in [-0.39, 0.29) is 46.0 Å². The topological polar surface area (TPSA) is 91.8 Å². The second-order valence-corrected chi connectivity index (χ2v) is 7.91. The van der Waals surface area contributed by atoms with Crippen molar-refractivity contribution in [3.63, 3.8) is 0 Å². The Hall–Kier alpha value is -1.02. The third-order valence-electron chi connectivity index (χ3n) is 3.48. The van der Waals surface area contributed by atoms with Crippen molar-refractivity contribution >= 4 is 57.3 Å². The summed E-state index contributed by atoms with van der Waals surface area (Å²) in [7, 11) is -3.61. The summed E-state index contributed by atoms with van der Waals surface area (Å²) in [4.78, 5) is 24.5. The fourth-order valence-electron chi connectivity index (χ4n) is 2.29. The predicted octanol–water partition coefficient (Wildman–Crippen LogP) is 2.37. The number of carbonyl (C=O) groups is 2. The summed E-state index contributed by atoms with van der Waals surface area (Å²) in [5, 5.41) is 8.93. The smallest absolute Gasteiger partial charge is 0.308 e. The highest BCUT2D eigenvalue weighted by atomic mass is 35.5. The minimum Gasteiger partial charge on any atom is -0.481 e. The fraction of sp³-hybridized carbons (Fsp3) is 0.385. The van der Waals surface area contributed by atoms with E-state index in [2.05, 4.69) is 0 Å². The molecule has 10 heteroatoms. The Kier molecular flexibility index (Phi) is 6.32. The Labute approximate surface area is 149 Å². The molecule has 1 N–H and O–H groups in total. The van der Waals surface area contributed by atoms with E-state index < -0.39 is 27.6 Å². The minimum absolute atomic E-state index is 0. The van der Waals surface area contributed by atoms with Gasteiger partial charge in [0.1, 0.15) is 0 Å². The largest absolute Gasteiger partial charge is 0.481 e. The fourth-order valence-corrected chi connectivity index (χ4v) is 3.92. The van der Waals surface area contributed by atoms with Crippen molar-refractivity contribution in [3.05, 3.63) is 27.7 Å². The standard InChI is InChI=1S/C13H13Cl2NO5S.ClH/c1-22(20,21)11-4-8(9(14)5-10(11)15)12(17)16-3-2-7(6-16)13(18)19;/h4-5,7H,2-3,6H2,1H3,(H,18,19);1H. The first-order valence-electron chi connectivity index (χ1n) is 6.32. The average Bonchev–Trinajstić information content (AvgIpc) is 2.86. The third kappa shape index (κ3) is 4.29. The maximum absolute atomic E-state index is 12.4. The zero-order valence-electron chi connectivity index (χ0n) is 12.0. The number of likely N-dealkylation sites (tertiary alicyclic amines) is 1. The van der Waals surface area contributed by atoms with Crippen molar-refractivity contribution in [1.82, 2.24) is 4.90 Å². The van der Waals surface area contributed by atoms with Crippen molar-refractivity contribution in [2.45, 2.75) is 11.3 Å². The molecule has 1 aromatic rings. The van der Waals surface area contributed by atoms with Gasteiger partial charge in [-0.3, -0.25) is 9.59 Å². The van der Waals surface area contributed by atoms with Crippen LogP contribution in [0, 0.1) is 5.92 Å². The average molecular weight is 403 g/mol. The molecule has 1 saturated heterocycles. The summed E-state index contributed by atoms with van der Waals surface area (Å²) in [6.07, 6.45) is 1.33. The van der Waals surface area contributed by atoms with Gasteiger partial charge in [-0.25, -0.2) is 8.42 Å². The first-order chi connectivity index (χ1) is 10.1. The molecule has 23 heavy (non-hydrogen) atoms. The Morgan fingerprint density at radius 3 is 2.35 bits per heavy atom. The van der Waals surface area contributed by atoms with E-state index >= 15 is 0 Å². The monoisotopic (exact) mass is 401 g/mol. The number of carboxylic acid groups (broad SMARTS) is 1. The SMILES string of the molecule is CS(=O)(=O)c1cc(C(=O)N2CCC(C(=O)O)C2)c(Cl)cc1Cl.Cl. The van der Waals surface area contributed by atoms with Crippen LogP contribution in [0.25, 0.3) is 0 Å². The molecule has 0 radical (unpaired) electrons. The van der Waals surface area contributed by atoms with Crippen LogP contribution in [0.1, 0.15) is 16.8 Å². The number of nitrogens with zero attached hydrogens (tertiary/aromatic N) is 1. The molecule has 1 aliphatic heterocycles. The number of rotatable bonds is 3. The molecular formula is C13H14Cl3NO5S. The van der Waals surface area contributed by atoms with Gasteiger partial charge >= 0.3 is 5.97 Å². The summed E-state index contributed by atoms with van der Waals surface area (Å²) in [6.45, 7) is 0.351. The number of hydrogen-bond acceptors (Lipinski definition) is 4. The molecule has 1 amide bonds. The molecule has 1 fully saturated rings. The summed E-state index contributed by atoms with van der Waals surface area (Å²) in [6, 6.07) is 2.34. The van der Waals surface area contributed by atoms with Gasteiger partial charge in [-0.1, -0.05) is 23.2 Å². The molecule has 1 heterocycles. The molecule has 0 aliphatic carbocycles. The summed E-state index contributed by atoms with van der Waals surface area (Å²) in [5.41, 5.74) is -0.00229. The zero-order chi connectivity index (χ0) is 16.7. The number of benzene rings is 1. The van der Waals surface area contributed by atoms with Gasteiger partial charge < -0.3 is 10.0 Å². The summed E-state index contributed by atoms with van der Waals surface area (Å²) in [5.74, 6) is -2.09. The van der Waals surface area contributed by atoms with Gasteiger partial charge in [-0.05, 0) is 18.6 Å². The molecule has 2 rings (SSSR count). The van der Waals surface area contributed by atoms with Crippen LogP contribution in [0.2, 0.25) is 10.0 Å². The van der Waals surface area contributed by atoms with Gasteiger partial charge in [0, 0.05) is 19.3 Å². The molecule has 0 saturated carbocycles. The lowest BCUT2D eigenvalue weighted by Crippen LogP contribution is -2.30. The predicted molar refractivity (Wildman–Crippen MR) is 88.5 cm³/mol. The Balaban J connectivity index is 0.00000264. The lowest BCUT2D eigenvalue weighted by molar-refractivity contribution is -0.141. The second-order valence-electron chi connectivity index (χ2n) is 5.11. The van der Waals surface area contributed by atoms with Crippen molar-refractivity contribution < 1.29 is 23.1 Å². The van der Waals surface area contributed by atoms with Crippen LogP contribution in [0.5, 0.6) is 0 Å². The molecule has 6 nitrogen and oxygen atoms in total. The Morgan fingerprint density at radius 1 is 1.26 bits per heavy atom. The minimum atomic E-state index is -3.61. The van der Waals surface area contributed by atoms with Gasteiger partial charge in [0.2, 0.25) is 0 Å². The van der Waals surface area contributed by atoms with Crippen LogP contribution in [-0.2, 0) is 14.6 Å². The van der Waals surface area contributed by atoms with Crippen LogP contribution >= 0.6 is 35.6 Å². The summed E-state index contributed by atoms with van der Waals surface area (Å²) >= 11 is 11.8. The Bertz CT molecular complexity index is 750. The van der Waals surface area contributed by atoms with Crippen molar-refractivity contribution in [3.8, 4) is 0 Å². The number of hydrogen-bond donors (Lipinski definition) is 1. The number of carboxylic acids is 1. The van der Waals surface area contributed by atoms with E-state index in [0.717, 1.165) is 12.3 Å². The van der Waals surface area contributed by atoms with Crippen molar-refractivity contribution in [2.75, 3.05) is 19.3 Å². The van der Waals surface area contributed by atoms with Crippen LogP contribution in [0.4, 0.5) is 0 Å². The first kappa shape index (κ1) is 20.0. The lowest BCUT2D eigenvalue weighted by atomic mass is 10.1. The molecule has 0 bridgehead atoms. The van der Waals surface area contributed by atoms with Gasteiger partial charge in [0.25, 0.3) is 5.91 Å². The highest BCUT2D eigenvalue weighted by Gasteiger charge is 2.32. The number of sulfone groups is 1. The molecule has 1 unspecified atom stereocenters. The maximum Gasteiger partial charge on any atom is 0.308 e. The van der Waals surface area contributed by atoms with Gasteiger partial charge in [-0.2, -0.15) is 0 Å². The third-order valence-corrected chi connectivity index (χ3v) is 5.35. The van der Waals surface area contributed by atoms with Crippen LogP contribution in [0.3, 0.4) is 0 Å². The van der Waals surface area contributed by atoms with Crippen molar-refractivity contribution in [2.24, 2.45) is 5.92 Å². The second kappa shape index (κ2) is 7.25. The van der Waals surface area contributed by atoms with E-state index in [4.69, 9.17) is 28.3 Å². The van der Waals surface area contributed by atoms with E-state index in [1.54, 1.807) is 0 Å². The molecule has 1 aliphatic rings. The molecule has 0 aromatic heterocycles. The number of halogens is 3. The quantitative estimate of drug-likeness (QED) is 0.838. The normalized spacial score (nSPS) is 17.7. The van der Waals surface area contributed by atoms with E-state index in [9.17, 15) is 18.0 Å². The van der Waals surface area contributed by atoms with Gasteiger partial charge in [-0.15, -0.1) is 12.4 Å².